The van der Waals surface area contributed by atoms with Gasteiger partial charge in [0.25, 0.3) is 0 Å². The number of benzene rings is 1. The van der Waals surface area contributed by atoms with E-state index in [1.54, 1.807) is 7.11 Å². The van der Waals surface area contributed by atoms with Crippen molar-refractivity contribution in [1.29, 1.82) is 0 Å². The van der Waals surface area contributed by atoms with E-state index < -0.39 is 0 Å². The fourth-order valence-electron chi connectivity index (χ4n) is 5.48. The van der Waals surface area contributed by atoms with Crippen LogP contribution >= 0.6 is 0 Å². The smallest absolute Gasteiger partial charge is 0.228 e. The van der Waals surface area contributed by atoms with Crippen LogP contribution in [0.25, 0.3) is 21.9 Å². The molecule has 1 aromatic carbocycles. The number of carbonyl (C=O) groups is 1. The quantitative estimate of drug-likeness (QED) is 0.500. The highest BCUT2D eigenvalue weighted by Gasteiger charge is 2.22. The molecular formula is C28H38N6O2. The molecule has 3 aromatic rings. The summed E-state index contributed by atoms with van der Waals surface area (Å²) in [6.07, 6.45) is 8.26. The van der Waals surface area contributed by atoms with Gasteiger partial charge in [-0.1, -0.05) is 18.6 Å². The molecule has 2 aliphatic heterocycles. The first kappa shape index (κ1) is 24.9. The van der Waals surface area contributed by atoms with E-state index in [9.17, 15) is 4.79 Å². The van der Waals surface area contributed by atoms with Crippen molar-refractivity contribution in [3.05, 3.63) is 41.9 Å². The van der Waals surface area contributed by atoms with E-state index >= 15 is 0 Å². The van der Waals surface area contributed by atoms with Gasteiger partial charge in [0.15, 0.2) is 0 Å². The van der Waals surface area contributed by atoms with Gasteiger partial charge in [-0.2, -0.15) is 5.10 Å². The minimum Gasteiger partial charge on any atom is -0.384 e. The van der Waals surface area contributed by atoms with E-state index in [0.29, 0.717) is 18.8 Å². The zero-order chi connectivity index (χ0) is 24.9. The molecule has 4 heterocycles. The number of fused-ring (bicyclic) bond motifs is 1. The van der Waals surface area contributed by atoms with Gasteiger partial charge in [0.2, 0.25) is 5.91 Å². The molecule has 0 atom stereocenters. The van der Waals surface area contributed by atoms with Gasteiger partial charge >= 0.3 is 0 Å². The standard InChI is InChI=1S/C28H38N6O2/c1-33-26(19-34-13-4-3-5-14-34)24(18-30-33)21-6-7-23-22(16-21)17-27(31-25(23)10-15-36-2)32-28(35)20-8-11-29-12-9-20/h6-7,16-18,20,29H,3-5,8-15,19H2,1-2H3,(H,31,32,35). The molecule has 8 heteroatoms. The van der Waals surface area contributed by atoms with E-state index in [-0.39, 0.29) is 11.8 Å². The van der Waals surface area contributed by atoms with Crippen molar-refractivity contribution >= 4 is 22.5 Å². The zero-order valence-electron chi connectivity index (χ0n) is 21.6. The van der Waals surface area contributed by atoms with E-state index in [4.69, 9.17) is 9.72 Å². The van der Waals surface area contributed by atoms with Gasteiger partial charge in [0, 0.05) is 44.0 Å². The summed E-state index contributed by atoms with van der Waals surface area (Å²) >= 11 is 0. The number of methoxy groups -OCH3 is 1. The molecule has 8 nitrogen and oxygen atoms in total. The van der Waals surface area contributed by atoms with Crippen LogP contribution in [-0.2, 0) is 29.5 Å². The number of nitrogens with one attached hydrogen (secondary N) is 2. The number of likely N-dealkylation sites (tertiary alicyclic amines) is 1. The zero-order valence-corrected chi connectivity index (χ0v) is 21.6. The number of carbonyl (C=O) groups excluding carboxylic acids is 1. The Bertz CT molecular complexity index is 1190. The molecule has 2 aromatic heterocycles. The molecule has 1 amide bonds. The highest BCUT2D eigenvalue weighted by Crippen LogP contribution is 2.31. The molecule has 0 spiro atoms. The lowest BCUT2D eigenvalue weighted by molar-refractivity contribution is -0.120. The molecule has 5 rings (SSSR count). The number of ether oxygens (including phenoxy) is 1. The normalized spacial score (nSPS) is 17.5. The molecule has 0 aliphatic carbocycles. The number of pyridine rings is 1. The third-order valence-electron chi connectivity index (χ3n) is 7.61. The average Bonchev–Trinajstić information content (AvgIpc) is 3.27. The summed E-state index contributed by atoms with van der Waals surface area (Å²) in [5, 5.41) is 13.2. The number of amides is 1. The first-order valence-corrected chi connectivity index (χ1v) is 13.3. The summed E-state index contributed by atoms with van der Waals surface area (Å²) < 4.78 is 7.35. The number of rotatable bonds is 8. The molecule has 36 heavy (non-hydrogen) atoms. The van der Waals surface area contributed by atoms with Gasteiger partial charge in [0.05, 0.1) is 24.2 Å². The van der Waals surface area contributed by atoms with Crippen LogP contribution in [0.1, 0.15) is 43.5 Å². The molecule has 2 fully saturated rings. The van der Waals surface area contributed by atoms with Crippen molar-refractivity contribution in [3.8, 4) is 11.1 Å². The second-order valence-corrected chi connectivity index (χ2v) is 10.1. The van der Waals surface area contributed by atoms with E-state index in [1.165, 1.54) is 30.5 Å². The lowest BCUT2D eigenvalue weighted by Gasteiger charge is -2.26. The monoisotopic (exact) mass is 490 g/mol. The fourth-order valence-corrected chi connectivity index (χ4v) is 5.48. The van der Waals surface area contributed by atoms with Gasteiger partial charge in [-0.05, 0) is 74.9 Å². The van der Waals surface area contributed by atoms with Crippen LogP contribution in [0.2, 0.25) is 0 Å². The summed E-state index contributed by atoms with van der Waals surface area (Å²) in [6.45, 7) is 5.57. The van der Waals surface area contributed by atoms with Crippen LogP contribution in [0.3, 0.4) is 0 Å². The molecule has 2 N–H and O–H groups in total. The lowest BCUT2D eigenvalue weighted by Crippen LogP contribution is -2.34. The Morgan fingerprint density at radius 1 is 1.17 bits per heavy atom. The third kappa shape index (κ3) is 5.61. The SMILES string of the molecule is COCCc1nc(NC(=O)C2CCNCC2)cc2cc(-c3cnn(C)c3CN3CCCCC3)ccc12. The van der Waals surface area contributed by atoms with Crippen LogP contribution in [0.4, 0.5) is 5.82 Å². The fraction of sp³-hybridized carbons (Fsp3) is 0.536. The average molecular weight is 491 g/mol. The summed E-state index contributed by atoms with van der Waals surface area (Å²) in [6, 6.07) is 8.54. The second-order valence-electron chi connectivity index (χ2n) is 10.1. The van der Waals surface area contributed by atoms with Crippen LogP contribution in [0.15, 0.2) is 30.5 Å². The Labute approximate surface area is 213 Å². The predicted molar refractivity (Wildman–Crippen MR) is 143 cm³/mol. The number of hydrogen-bond donors (Lipinski definition) is 2. The highest BCUT2D eigenvalue weighted by atomic mass is 16.5. The highest BCUT2D eigenvalue weighted by molar-refractivity contribution is 5.96. The van der Waals surface area contributed by atoms with Crippen LogP contribution < -0.4 is 10.6 Å². The van der Waals surface area contributed by atoms with Crippen molar-refractivity contribution in [2.45, 2.75) is 45.1 Å². The van der Waals surface area contributed by atoms with Crippen LogP contribution in [0, 0.1) is 5.92 Å². The Balaban J connectivity index is 1.46. The van der Waals surface area contributed by atoms with E-state index in [0.717, 1.165) is 67.6 Å². The predicted octanol–water partition coefficient (Wildman–Crippen LogP) is 3.75. The molecule has 2 saturated heterocycles. The lowest BCUT2D eigenvalue weighted by atomic mass is 9.97. The number of aryl methyl sites for hydroxylation is 1. The minimum absolute atomic E-state index is 0.0326. The van der Waals surface area contributed by atoms with E-state index in [2.05, 4.69) is 38.8 Å². The molecule has 0 unspecified atom stereocenters. The van der Waals surface area contributed by atoms with Crippen molar-refractivity contribution < 1.29 is 9.53 Å². The number of piperidine rings is 2. The summed E-state index contributed by atoms with van der Waals surface area (Å²) in [7, 11) is 3.74. The summed E-state index contributed by atoms with van der Waals surface area (Å²) in [5.74, 6) is 0.715. The van der Waals surface area contributed by atoms with Crippen LogP contribution in [0.5, 0.6) is 0 Å². The molecular weight excluding hydrogens is 452 g/mol. The van der Waals surface area contributed by atoms with Gasteiger partial charge in [-0.15, -0.1) is 0 Å². The molecule has 0 bridgehead atoms. The van der Waals surface area contributed by atoms with Gasteiger partial charge < -0.3 is 15.4 Å². The van der Waals surface area contributed by atoms with Crippen molar-refractivity contribution in [2.75, 3.05) is 45.2 Å². The number of anilines is 1. The topological polar surface area (TPSA) is 84.3 Å². The molecule has 0 saturated carbocycles. The maximum atomic E-state index is 12.9. The Morgan fingerprint density at radius 2 is 1.97 bits per heavy atom. The minimum atomic E-state index is 0.0326. The maximum Gasteiger partial charge on any atom is 0.228 e. The van der Waals surface area contributed by atoms with E-state index in [1.807, 2.05) is 24.0 Å². The first-order valence-electron chi connectivity index (χ1n) is 13.3. The largest absolute Gasteiger partial charge is 0.384 e. The molecule has 192 valence electrons. The van der Waals surface area contributed by atoms with Crippen LogP contribution in [-0.4, -0.2) is 65.5 Å². The number of nitrogens with zero attached hydrogens (tertiary/aromatic N) is 4. The third-order valence-corrected chi connectivity index (χ3v) is 7.61. The van der Waals surface area contributed by atoms with Gasteiger partial charge in [-0.25, -0.2) is 4.98 Å². The Kier molecular flexibility index (Phi) is 7.94. The van der Waals surface area contributed by atoms with Crippen molar-refractivity contribution in [3.63, 3.8) is 0 Å². The number of hydrogen-bond acceptors (Lipinski definition) is 6. The second kappa shape index (κ2) is 11.5. The number of aromatic nitrogens is 3. The Morgan fingerprint density at radius 3 is 2.75 bits per heavy atom. The van der Waals surface area contributed by atoms with Crippen molar-refractivity contribution in [1.82, 2.24) is 25.0 Å². The summed E-state index contributed by atoms with van der Waals surface area (Å²) in [5.41, 5.74) is 4.49. The summed E-state index contributed by atoms with van der Waals surface area (Å²) in [4.78, 5) is 20.3. The maximum absolute atomic E-state index is 12.9. The Hall–Kier alpha value is -2.81. The molecule has 2 aliphatic rings. The van der Waals surface area contributed by atoms with Gasteiger partial charge in [0.1, 0.15) is 5.82 Å². The first-order chi connectivity index (χ1) is 17.6. The molecule has 0 radical (unpaired) electrons. The van der Waals surface area contributed by atoms with Gasteiger partial charge in [-0.3, -0.25) is 14.4 Å². The van der Waals surface area contributed by atoms with Crippen molar-refractivity contribution in [2.24, 2.45) is 13.0 Å².